The lowest BCUT2D eigenvalue weighted by molar-refractivity contribution is -0.140. The normalized spacial score (nSPS) is 33.0. The van der Waals surface area contributed by atoms with Crippen LogP contribution in [0.2, 0.25) is 0 Å². The average Bonchev–Trinajstić information content (AvgIpc) is 2.41. The minimum atomic E-state index is -0.450. The molecule has 2 aliphatic heterocycles. The predicted molar refractivity (Wildman–Crippen MR) is 80.5 cm³/mol. The zero-order valence-electron chi connectivity index (χ0n) is 11.9. The molecule has 2 saturated heterocycles. The minimum absolute atomic E-state index is 0.203. The number of piperidine rings is 1. The zero-order valence-corrected chi connectivity index (χ0v) is 12.7. The van der Waals surface area contributed by atoms with Gasteiger partial charge in [-0.2, -0.15) is 11.8 Å². The van der Waals surface area contributed by atoms with Crippen LogP contribution in [0.15, 0.2) is 24.3 Å². The number of rotatable bonds is 1. The van der Waals surface area contributed by atoms with Crippen molar-refractivity contribution in [3.63, 3.8) is 0 Å². The molecule has 1 aromatic rings. The number of carbonyl (C=O) groups excluding carboxylic acids is 2. The summed E-state index contributed by atoms with van der Waals surface area (Å²) in [6.07, 6.45) is 2.16. The number of halogens is 1. The van der Waals surface area contributed by atoms with E-state index in [0.717, 1.165) is 18.6 Å². The topological polar surface area (TPSA) is 46.2 Å². The smallest absolute Gasteiger partial charge is 0.234 e. The van der Waals surface area contributed by atoms with E-state index in [1.807, 2.05) is 0 Å². The third kappa shape index (κ3) is 2.48. The van der Waals surface area contributed by atoms with Crippen molar-refractivity contribution in [3.8, 4) is 0 Å². The van der Waals surface area contributed by atoms with Gasteiger partial charge in [0, 0.05) is 17.1 Å². The molecule has 2 fully saturated rings. The van der Waals surface area contributed by atoms with E-state index in [0.29, 0.717) is 12.0 Å². The van der Waals surface area contributed by atoms with Crippen LogP contribution < -0.4 is 5.32 Å². The van der Waals surface area contributed by atoms with E-state index in [1.54, 1.807) is 23.9 Å². The molecule has 0 aliphatic carbocycles. The Bertz CT molecular complexity index is 591. The number of nitrogens with one attached hydrogen (secondary N) is 1. The van der Waals surface area contributed by atoms with Crippen molar-refractivity contribution in [2.24, 2.45) is 5.41 Å². The van der Waals surface area contributed by atoms with Crippen molar-refractivity contribution in [3.05, 3.63) is 35.6 Å². The summed E-state index contributed by atoms with van der Waals surface area (Å²) >= 11 is 1.80. The molecule has 3 rings (SSSR count). The van der Waals surface area contributed by atoms with Crippen LogP contribution >= 0.6 is 11.8 Å². The fourth-order valence-corrected chi connectivity index (χ4v) is 5.06. The maximum absolute atomic E-state index is 13.6. The van der Waals surface area contributed by atoms with E-state index in [1.165, 1.54) is 12.1 Å². The number of carbonyl (C=O) groups is 2. The van der Waals surface area contributed by atoms with Crippen LogP contribution in [0.3, 0.4) is 0 Å². The van der Waals surface area contributed by atoms with Crippen LogP contribution in [0.5, 0.6) is 0 Å². The number of amides is 2. The Morgan fingerprint density at radius 3 is 2.90 bits per heavy atom. The Morgan fingerprint density at radius 2 is 2.19 bits per heavy atom. The van der Waals surface area contributed by atoms with Crippen molar-refractivity contribution in [1.82, 2.24) is 5.32 Å². The highest BCUT2D eigenvalue weighted by molar-refractivity contribution is 7.99. The Hall–Kier alpha value is -1.36. The maximum Gasteiger partial charge on any atom is 0.234 e. The summed E-state index contributed by atoms with van der Waals surface area (Å²) in [5.41, 5.74) is 0.283. The van der Waals surface area contributed by atoms with Gasteiger partial charge in [-0.25, -0.2) is 4.39 Å². The van der Waals surface area contributed by atoms with Crippen LogP contribution in [0.1, 0.15) is 37.7 Å². The molecule has 2 aliphatic rings. The SMILES string of the molecule is CC1SCCCC12CC(=O)NC(=O)C2c1cccc(F)c1. The van der Waals surface area contributed by atoms with Gasteiger partial charge in [-0.05, 0) is 36.3 Å². The lowest BCUT2D eigenvalue weighted by Gasteiger charge is -2.49. The molecule has 0 aromatic heterocycles. The largest absolute Gasteiger partial charge is 0.296 e. The molecule has 0 saturated carbocycles. The number of imide groups is 1. The highest BCUT2D eigenvalue weighted by Gasteiger charge is 2.53. The van der Waals surface area contributed by atoms with Gasteiger partial charge in [0.2, 0.25) is 11.8 Å². The summed E-state index contributed by atoms with van der Waals surface area (Å²) < 4.78 is 13.6. The van der Waals surface area contributed by atoms with Gasteiger partial charge in [-0.15, -0.1) is 0 Å². The second kappa shape index (κ2) is 5.44. The van der Waals surface area contributed by atoms with Gasteiger partial charge in [0.25, 0.3) is 0 Å². The van der Waals surface area contributed by atoms with Crippen molar-refractivity contribution in [2.75, 3.05) is 5.75 Å². The van der Waals surface area contributed by atoms with Gasteiger partial charge < -0.3 is 0 Å². The first-order chi connectivity index (χ1) is 10.0. The van der Waals surface area contributed by atoms with Gasteiger partial charge in [-0.1, -0.05) is 19.1 Å². The zero-order chi connectivity index (χ0) is 15.0. The fourth-order valence-electron chi connectivity index (χ4n) is 3.73. The molecule has 3 unspecified atom stereocenters. The molecule has 1 N–H and O–H groups in total. The van der Waals surface area contributed by atoms with E-state index < -0.39 is 11.3 Å². The molecule has 2 heterocycles. The maximum atomic E-state index is 13.6. The van der Waals surface area contributed by atoms with Crippen LogP contribution in [0.4, 0.5) is 4.39 Å². The number of thioether (sulfide) groups is 1. The quantitative estimate of drug-likeness (QED) is 0.812. The van der Waals surface area contributed by atoms with Crippen molar-refractivity contribution in [1.29, 1.82) is 0 Å². The minimum Gasteiger partial charge on any atom is -0.296 e. The molecule has 1 spiro atoms. The van der Waals surface area contributed by atoms with Gasteiger partial charge in [0.1, 0.15) is 5.82 Å². The summed E-state index contributed by atoms with van der Waals surface area (Å²) in [5.74, 6) is -0.237. The molecular formula is C16H18FNO2S. The van der Waals surface area contributed by atoms with Crippen molar-refractivity contribution >= 4 is 23.6 Å². The first kappa shape index (κ1) is 14.6. The fraction of sp³-hybridized carbons (Fsp3) is 0.500. The van der Waals surface area contributed by atoms with E-state index >= 15 is 0 Å². The van der Waals surface area contributed by atoms with Crippen molar-refractivity contribution < 1.29 is 14.0 Å². The Morgan fingerprint density at radius 1 is 1.38 bits per heavy atom. The van der Waals surface area contributed by atoms with E-state index in [-0.39, 0.29) is 22.9 Å². The van der Waals surface area contributed by atoms with Crippen LogP contribution in [-0.4, -0.2) is 22.8 Å². The molecular weight excluding hydrogens is 289 g/mol. The Balaban J connectivity index is 2.08. The number of hydrogen-bond donors (Lipinski definition) is 1. The van der Waals surface area contributed by atoms with Gasteiger partial charge >= 0.3 is 0 Å². The predicted octanol–water partition coefficient (Wildman–Crippen LogP) is 2.86. The summed E-state index contributed by atoms with van der Waals surface area (Å²) in [5, 5.41) is 2.63. The lowest BCUT2D eigenvalue weighted by atomic mass is 9.63. The summed E-state index contributed by atoms with van der Waals surface area (Å²) in [4.78, 5) is 24.4. The molecule has 3 atom stereocenters. The van der Waals surface area contributed by atoms with Crippen LogP contribution in [-0.2, 0) is 9.59 Å². The third-order valence-electron chi connectivity index (χ3n) is 4.74. The second-order valence-electron chi connectivity index (χ2n) is 5.93. The second-order valence-corrected chi connectivity index (χ2v) is 7.38. The molecule has 5 heteroatoms. The number of benzene rings is 1. The number of hydrogen-bond acceptors (Lipinski definition) is 3. The van der Waals surface area contributed by atoms with Gasteiger partial charge in [0.15, 0.2) is 0 Å². The first-order valence-electron chi connectivity index (χ1n) is 7.24. The van der Waals surface area contributed by atoms with E-state index in [9.17, 15) is 14.0 Å². The molecule has 2 amide bonds. The molecule has 0 bridgehead atoms. The monoisotopic (exact) mass is 307 g/mol. The summed E-state index contributed by atoms with van der Waals surface area (Å²) in [6, 6.07) is 6.22. The summed E-state index contributed by atoms with van der Waals surface area (Å²) in [6.45, 7) is 2.09. The highest BCUT2D eigenvalue weighted by atomic mass is 32.2. The molecule has 0 radical (unpaired) electrons. The standard InChI is InChI=1S/C16H18FNO2S/c1-10-16(6-3-7-21-10)9-13(19)18-15(20)14(16)11-4-2-5-12(17)8-11/h2,4-5,8,10,14H,3,6-7,9H2,1H3,(H,18,19,20). The Kier molecular flexibility index (Phi) is 3.78. The van der Waals surface area contributed by atoms with Crippen LogP contribution in [0, 0.1) is 11.2 Å². The summed E-state index contributed by atoms with van der Waals surface area (Å²) in [7, 11) is 0. The van der Waals surface area contributed by atoms with Gasteiger partial charge in [-0.3, -0.25) is 14.9 Å². The van der Waals surface area contributed by atoms with E-state index in [4.69, 9.17) is 0 Å². The lowest BCUT2D eigenvalue weighted by Crippen LogP contribution is -2.55. The highest BCUT2D eigenvalue weighted by Crippen LogP contribution is 2.54. The first-order valence-corrected chi connectivity index (χ1v) is 8.28. The Labute approximate surface area is 127 Å². The van der Waals surface area contributed by atoms with E-state index in [2.05, 4.69) is 12.2 Å². The van der Waals surface area contributed by atoms with Crippen molar-refractivity contribution in [2.45, 2.75) is 37.4 Å². The third-order valence-corrected chi connectivity index (χ3v) is 6.23. The molecule has 21 heavy (non-hydrogen) atoms. The molecule has 3 nitrogen and oxygen atoms in total. The van der Waals surface area contributed by atoms with Crippen LogP contribution in [0.25, 0.3) is 0 Å². The van der Waals surface area contributed by atoms with Gasteiger partial charge in [0.05, 0.1) is 5.92 Å². The molecule has 1 aromatic carbocycles. The molecule has 112 valence electrons. The average molecular weight is 307 g/mol.